The van der Waals surface area contributed by atoms with Gasteiger partial charge in [0.1, 0.15) is 5.15 Å². The summed E-state index contributed by atoms with van der Waals surface area (Å²) in [5, 5.41) is 3.28. The molecular weight excluding hydrogens is 276 g/mol. The number of halogens is 1. The Kier molecular flexibility index (Phi) is 4.74. The standard InChI is InChI=1S/C14H17ClN4O/c1-3-12-6-11(7-13(15)18-12)14(20)17-10(2)8-19-5-4-16-9-19/h4-7,9-10H,3,8H2,1-2H3,(H,17,20). The maximum Gasteiger partial charge on any atom is 0.251 e. The largest absolute Gasteiger partial charge is 0.348 e. The van der Waals surface area contributed by atoms with Crippen LogP contribution >= 0.6 is 11.6 Å². The molecule has 2 heterocycles. The van der Waals surface area contributed by atoms with Crippen molar-refractivity contribution < 1.29 is 4.79 Å². The highest BCUT2D eigenvalue weighted by Gasteiger charge is 2.12. The minimum Gasteiger partial charge on any atom is -0.348 e. The van der Waals surface area contributed by atoms with Crippen LogP contribution < -0.4 is 5.32 Å². The third-order valence-electron chi connectivity index (χ3n) is 2.89. The van der Waals surface area contributed by atoms with Crippen LogP contribution in [0.25, 0.3) is 0 Å². The predicted molar refractivity (Wildman–Crippen MR) is 77.8 cm³/mol. The number of nitrogens with one attached hydrogen (secondary N) is 1. The van der Waals surface area contributed by atoms with Gasteiger partial charge in [0.15, 0.2) is 0 Å². The number of nitrogens with zero attached hydrogens (tertiary/aromatic N) is 3. The first-order chi connectivity index (χ1) is 9.58. The first-order valence-corrected chi connectivity index (χ1v) is 6.89. The van der Waals surface area contributed by atoms with E-state index in [-0.39, 0.29) is 11.9 Å². The number of pyridine rings is 1. The van der Waals surface area contributed by atoms with Gasteiger partial charge in [-0.2, -0.15) is 0 Å². The molecule has 2 rings (SSSR count). The lowest BCUT2D eigenvalue weighted by Crippen LogP contribution is -2.35. The average molecular weight is 293 g/mol. The summed E-state index contributed by atoms with van der Waals surface area (Å²) in [5.74, 6) is -0.142. The molecule has 0 aliphatic carbocycles. The Morgan fingerprint density at radius 1 is 1.50 bits per heavy atom. The molecule has 0 fully saturated rings. The predicted octanol–water partition coefficient (Wildman–Crippen LogP) is 2.31. The summed E-state index contributed by atoms with van der Waals surface area (Å²) in [5.41, 5.74) is 1.35. The SMILES string of the molecule is CCc1cc(C(=O)NC(C)Cn2ccnc2)cc(Cl)n1. The maximum atomic E-state index is 12.2. The lowest BCUT2D eigenvalue weighted by Gasteiger charge is -2.14. The van der Waals surface area contributed by atoms with Gasteiger partial charge < -0.3 is 9.88 Å². The van der Waals surface area contributed by atoms with Crippen LogP contribution in [0.1, 0.15) is 29.9 Å². The molecule has 106 valence electrons. The Balaban J connectivity index is 2.02. The van der Waals surface area contributed by atoms with Gasteiger partial charge in [-0.1, -0.05) is 18.5 Å². The van der Waals surface area contributed by atoms with E-state index >= 15 is 0 Å². The molecule has 20 heavy (non-hydrogen) atoms. The van der Waals surface area contributed by atoms with Crippen LogP contribution in [0.5, 0.6) is 0 Å². The number of amides is 1. The number of imidazole rings is 1. The Morgan fingerprint density at radius 3 is 2.95 bits per heavy atom. The normalized spacial score (nSPS) is 12.2. The van der Waals surface area contributed by atoms with Crippen LogP contribution in [0.2, 0.25) is 5.15 Å². The van der Waals surface area contributed by atoms with Gasteiger partial charge in [0.05, 0.1) is 6.33 Å². The third kappa shape index (κ3) is 3.81. The van der Waals surface area contributed by atoms with Crippen molar-refractivity contribution in [2.45, 2.75) is 32.9 Å². The average Bonchev–Trinajstić information content (AvgIpc) is 2.90. The van der Waals surface area contributed by atoms with Gasteiger partial charge >= 0.3 is 0 Å². The minimum absolute atomic E-state index is 0.00582. The molecule has 0 radical (unpaired) electrons. The smallest absolute Gasteiger partial charge is 0.251 e. The Bertz CT molecular complexity index is 583. The van der Waals surface area contributed by atoms with Crippen molar-refractivity contribution in [1.29, 1.82) is 0 Å². The van der Waals surface area contributed by atoms with Crippen LogP contribution in [0.4, 0.5) is 0 Å². The molecule has 0 spiro atoms. The van der Waals surface area contributed by atoms with Gasteiger partial charge in [0.2, 0.25) is 0 Å². The number of rotatable bonds is 5. The number of hydrogen-bond donors (Lipinski definition) is 1. The van der Waals surface area contributed by atoms with Crippen molar-refractivity contribution in [1.82, 2.24) is 19.9 Å². The molecule has 1 unspecified atom stereocenters. The second-order valence-corrected chi connectivity index (χ2v) is 5.04. The summed E-state index contributed by atoms with van der Waals surface area (Å²) in [6.07, 6.45) is 6.04. The van der Waals surface area contributed by atoms with Crippen molar-refractivity contribution in [3.8, 4) is 0 Å². The Labute approximate surface area is 123 Å². The molecule has 0 bridgehead atoms. The molecule has 1 N–H and O–H groups in total. The molecule has 0 aliphatic heterocycles. The summed E-state index contributed by atoms with van der Waals surface area (Å²) >= 11 is 5.92. The topological polar surface area (TPSA) is 59.8 Å². The summed E-state index contributed by atoms with van der Waals surface area (Å²) in [7, 11) is 0. The number of aryl methyl sites for hydroxylation is 1. The molecular formula is C14H17ClN4O. The summed E-state index contributed by atoms with van der Waals surface area (Å²) in [6.45, 7) is 4.59. The Hall–Kier alpha value is -1.88. The zero-order valence-electron chi connectivity index (χ0n) is 11.5. The zero-order valence-corrected chi connectivity index (χ0v) is 12.3. The monoisotopic (exact) mass is 292 g/mol. The van der Waals surface area contributed by atoms with Crippen LogP contribution in [-0.4, -0.2) is 26.5 Å². The highest BCUT2D eigenvalue weighted by molar-refractivity contribution is 6.29. The highest BCUT2D eigenvalue weighted by Crippen LogP contribution is 2.11. The van der Waals surface area contributed by atoms with E-state index in [9.17, 15) is 4.79 Å². The van der Waals surface area contributed by atoms with Crippen molar-refractivity contribution in [2.24, 2.45) is 0 Å². The van der Waals surface area contributed by atoms with E-state index in [1.54, 1.807) is 24.7 Å². The molecule has 1 amide bonds. The molecule has 0 aliphatic rings. The van der Waals surface area contributed by atoms with Crippen LogP contribution in [0.15, 0.2) is 30.9 Å². The quantitative estimate of drug-likeness (QED) is 0.860. The molecule has 2 aromatic rings. The fraction of sp³-hybridized carbons (Fsp3) is 0.357. The van der Waals surface area contributed by atoms with Crippen LogP contribution in [0.3, 0.4) is 0 Å². The number of hydrogen-bond acceptors (Lipinski definition) is 3. The third-order valence-corrected chi connectivity index (χ3v) is 3.09. The van der Waals surface area contributed by atoms with Gasteiger partial charge in [-0.3, -0.25) is 4.79 Å². The second-order valence-electron chi connectivity index (χ2n) is 4.66. The van der Waals surface area contributed by atoms with Gasteiger partial charge in [-0.25, -0.2) is 9.97 Å². The number of carbonyl (C=O) groups is 1. The lowest BCUT2D eigenvalue weighted by molar-refractivity contribution is 0.0936. The molecule has 0 aromatic carbocycles. The maximum absolute atomic E-state index is 12.2. The van der Waals surface area contributed by atoms with Gasteiger partial charge in [-0.05, 0) is 25.5 Å². The van der Waals surface area contributed by atoms with Crippen molar-refractivity contribution in [3.63, 3.8) is 0 Å². The zero-order chi connectivity index (χ0) is 14.5. The summed E-state index contributed by atoms with van der Waals surface area (Å²) < 4.78 is 1.92. The van der Waals surface area contributed by atoms with E-state index in [1.807, 2.05) is 24.6 Å². The van der Waals surface area contributed by atoms with Crippen molar-refractivity contribution in [2.75, 3.05) is 0 Å². The first kappa shape index (κ1) is 14.5. The minimum atomic E-state index is -0.142. The van der Waals surface area contributed by atoms with Crippen LogP contribution in [-0.2, 0) is 13.0 Å². The fourth-order valence-electron chi connectivity index (χ4n) is 1.93. The van der Waals surface area contributed by atoms with E-state index in [4.69, 9.17) is 11.6 Å². The van der Waals surface area contributed by atoms with Gasteiger partial charge in [-0.15, -0.1) is 0 Å². The summed E-state index contributed by atoms with van der Waals surface area (Å²) in [6, 6.07) is 3.35. The van der Waals surface area contributed by atoms with E-state index in [2.05, 4.69) is 15.3 Å². The fourth-order valence-corrected chi connectivity index (χ4v) is 2.15. The molecule has 6 heteroatoms. The molecule has 5 nitrogen and oxygen atoms in total. The van der Waals surface area contributed by atoms with Crippen LogP contribution in [0, 0.1) is 0 Å². The van der Waals surface area contributed by atoms with Gasteiger partial charge in [0, 0.05) is 36.2 Å². The van der Waals surface area contributed by atoms with E-state index in [0.29, 0.717) is 17.3 Å². The molecule has 2 aromatic heterocycles. The van der Waals surface area contributed by atoms with Crippen molar-refractivity contribution in [3.05, 3.63) is 47.3 Å². The number of aromatic nitrogens is 3. The second kappa shape index (κ2) is 6.52. The molecule has 0 saturated heterocycles. The first-order valence-electron chi connectivity index (χ1n) is 6.51. The highest BCUT2D eigenvalue weighted by atomic mass is 35.5. The lowest BCUT2D eigenvalue weighted by atomic mass is 10.2. The Morgan fingerprint density at radius 2 is 2.30 bits per heavy atom. The number of carbonyl (C=O) groups excluding carboxylic acids is 1. The molecule has 1 atom stereocenters. The van der Waals surface area contributed by atoms with Crippen molar-refractivity contribution >= 4 is 17.5 Å². The van der Waals surface area contributed by atoms with E-state index < -0.39 is 0 Å². The summed E-state index contributed by atoms with van der Waals surface area (Å²) in [4.78, 5) is 20.3. The molecule has 0 saturated carbocycles. The van der Waals surface area contributed by atoms with E-state index in [0.717, 1.165) is 12.1 Å². The van der Waals surface area contributed by atoms with Gasteiger partial charge in [0.25, 0.3) is 5.91 Å². The van der Waals surface area contributed by atoms with E-state index in [1.165, 1.54) is 0 Å².